The zero-order valence-electron chi connectivity index (χ0n) is 12.5. The van der Waals surface area contributed by atoms with Gasteiger partial charge in [-0.3, -0.25) is 0 Å². The molecule has 0 aliphatic heterocycles. The molecule has 0 spiro atoms. The molecule has 1 aromatic rings. The SMILES string of the molecule is COc1cc(NC(C)C2CCCCC2)c(OC)cc1Cl. The second-order valence-corrected chi connectivity index (χ2v) is 5.93. The molecule has 2 rings (SSSR count). The summed E-state index contributed by atoms with van der Waals surface area (Å²) in [4.78, 5) is 0. The van der Waals surface area contributed by atoms with Gasteiger partial charge in [-0.05, 0) is 25.7 Å². The van der Waals surface area contributed by atoms with Crippen molar-refractivity contribution >= 4 is 17.3 Å². The maximum atomic E-state index is 6.13. The lowest BCUT2D eigenvalue weighted by Gasteiger charge is -2.29. The van der Waals surface area contributed by atoms with Crippen molar-refractivity contribution in [2.75, 3.05) is 19.5 Å². The summed E-state index contributed by atoms with van der Waals surface area (Å²) in [5.74, 6) is 2.17. The molecule has 1 unspecified atom stereocenters. The summed E-state index contributed by atoms with van der Waals surface area (Å²) in [5, 5.41) is 4.14. The molecule has 1 aromatic carbocycles. The maximum absolute atomic E-state index is 6.13. The van der Waals surface area contributed by atoms with E-state index in [1.54, 1.807) is 20.3 Å². The number of hydrogen-bond acceptors (Lipinski definition) is 3. The molecular formula is C16H24ClNO2. The Balaban J connectivity index is 2.14. The Hall–Kier alpha value is -1.09. The maximum Gasteiger partial charge on any atom is 0.143 e. The number of ether oxygens (including phenoxy) is 2. The van der Waals surface area contributed by atoms with Gasteiger partial charge in [-0.2, -0.15) is 0 Å². The molecule has 0 saturated heterocycles. The van der Waals surface area contributed by atoms with Crippen molar-refractivity contribution in [3.8, 4) is 11.5 Å². The van der Waals surface area contributed by atoms with Gasteiger partial charge in [0.2, 0.25) is 0 Å². The van der Waals surface area contributed by atoms with Crippen molar-refractivity contribution in [2.45, 2.75) is 45.1 Å². The van der Waals surface area contributed by atoms with Crippen molar-refractivity contribution in [3.63, 3.8) is 0 Å². The van der Waals surface area contributed by atoms with Gasteiger partial charge in [-0.1, -0.05) is 30.9 Å². The largest absolute Gasteiger partial charge is 0.495 e. The predicted octanol–water partition coefficient (Wildman–Crippen LogP) is 4.74. The van der Waals surface area contributed by atoms with E-state index in [1.165, 1.54) is 32.1 Å². The van der Waals surface area contributed by atoms with Crippen LogP contribution in [-0.4, -0.2) is 20.3 Å². The van der Waals surface area contributed by atoms with E-state index in [-0.39, 0.29) is 0 Å². The summed E-state index contributed by atoms with van der Waals surface area (Å²) in [6, 6.07) is 4.15. The highest BCUT2D eigenvalue weighted by Gasteiger charge is 2.21. The Morgan fingerprint density at radius 1 is 1.10 bits per heavy atom. The van der Waals surface area contributed by atoms with Gasteiger partial charge >= 0.3 is 0 Å². The van der Waals surface area contributed by atoms with E-state index in [9.17, 15) is 0 Å². The molecule has 112 valence electrons. The van der Waals surface area contributed by atoms with Crippen LogP contribution in [0.1, 0.15) is 39.0 Å². The van der Waals surface area contributed by atoms with Gasteiger partial charge in [0.05, 0.1) is 24.9 Å². The van der Waals surface area contributed by atoms with Crippen LogP contribution in [0.4, 0.5) is 5.69 Å². The van der Waals surface area contributed by atoms with Crippen molar-refractivity contribution < 1.29 is 9.47 Å². The third-order valence-corrected chi connectivity index (χ3v) is 4.51. The molecule has 1 fully saturated rings. The van der Waals surface area contributed by atoms with Gasteiger partial charge in [0, 0.05) is 18.2 Å². The highest BCUT2D eigenvalue weighted by Crippen LogP contribution is 2.37. The first-order valence-corrected chi connectivity index (χ1v) is 7.71. The number of benzene rings is 1. The molecule has 1 aliphatic rings. The van der Waals surface area contributed by atoms with Crippen LogP contribution in [-0.2, 0) is 0 Å². The highest BCUT2D eigenvalue weighted by atomic mass is 35.5. The van der Waals surface area contributed by atoms with Gasteiger partial charge in [-0.25, -0.2) is 0 Å². The van der Waals surface area contributed by atoms with E-state index in [1.807, 2.05) is 6.07 Å². The Kier molecular flexibility index (Phi) is 5.41. The van der Waals surface area contributed by atoms with Gasteiger partial charge in [0.1, 0.15) is 11.5 Å². The fourth-order valence-electron chi connectivity index (χ4n) is 2.97. The van der Waals surface area contributed by atoms with E-state index in [2.05, 4.69) is 12.2 Å². The van der Waals surface area contributed by atoms with Gasteiger partial charge in [-0.15, -0.1) is 0 Å². The quantitative estimate of drug-likeness (QED) is 0.851. The first-order chi connectivity index (χ1) is 9.65. The summed E-state index contributed by atoms with van der Waals surface area (Å²) < 4.78 is 10.7. The van der Waals surface area contributed by atoms with Crippen LogP contribution < -0.4 is 14.8 Å². The van der Waals surface area contributed by atoms with Crippen molar-refractivity contribution in [2.24, 2.45) is 5.92 Å². The van der Waals surface area contributed by atoms with E-state index < -0.39 is 0 Å². The summed E-state index contributed by atoms with van der Waals surface area (Å²) in [5.41, 5.74) is 0.951. The van der Waals surface area contributed by atoms with Gasteiger partial charge in [0.15, 0.2) is 0 Å². The average Bonchev–Trinajstić information content (AvgIpc) is 2.49. The van der Waals surface area contributed by atoms with Crippen molar-refractivity contribution in [3.05, 3.63) is 17.2 Å². The molecule has 0 radical (unpaired) electrons. The molecule has 1 aliphatic carbocycles. The van der Waals surface area contributed by atoms with Crippen LogP contribution in [0.15, 0.2) is 12.1 Å². The molecule has 0 aromatic heterocycles. The van der Waals surface area contributed by atoms with Crippen LogP contribution in [0, 0.1) is 5.92 Å². The van der Waals surface area contributed by atoms with Crippen LogP contribution in [0.5, 0.6) is 11.5 Å². The molecule has 1 saturated carbocycles. The number of methoxy groups -OCH3 is 2. The lowest BCUT2D eigenvalue weighted by atomic mass is 9.84. The van der Waals surface area contributed by atoms with Gasteiger partial charge < -0.3 is 14.8 Å². The topological polar surface area (TPSA) is 30.5 Å². The summed E-state index contributed by atoms with van der Waals surface area (Å²) >= 11 is 6.13. The number of halogens is 1. The minimum atomic E-state index is 0.426. The third kappa shape index (κ3) is 3.51. The van der Waals surface area contributed by atoms with E-state index in [0.717, 1.165) is 17.4 Å². The molecule has 1 N–H and O–H groups in total. The minimum Gasteiger partial charge on any atom is -0.495 e. The van der Waals surface area contributed by atoms with Crippen molar-refractivity contribution in [1.29, 1.82) is 0 Å². The molecule has 1 atom stereocenters. The monoisotopic (exact) mass is 297 g/mol. The third-order valence-electron chi connectivity index (χ3n) is 4.21. The Labute approximate surface area is 126 Å². The van der Waals surface area contributed by atoms with E-state index in [4.69, 9.17) is 21.1 Å². The van der Waals surface area contributed by atoms with Crippen LogP contribution in [0.3, 0.4) is 0 Å². The standard InChI is InChI=1S/C16H24ClNO2/c1-11(12-7-5-4-6-8-12)18-14-10-15(19-2)13(17)9-16(14)20-3/h9-12,18H,4-8H2,1-3H3. The average molecular weight is 298 g/mol. The Morgan fingerprint density at radius 3 is 2.35 bits per heavy atom. The van der Waals surface area contributed by atoms with Crippen LogP contribution in [0.25, 0.3) is 0 Å². The normalized spacial score (nSPS) is 17.6. The fraction of sp³-hybridized carbons (Fsp3) is 0.625. The van der Waals surface area contributed by atoms with Crippen LogP contribution >= 0.6 is 11.6 Å². The summed E-state index contributed by atoms with van der Waals surface area (Å²) in [6.45, 7) is 2.25. The Morgan fingerprint density at radius 2 is 1.75 bits per heavy atom. The number of nitrogens with one attached hydrogen (secondary N) is 1. The lowest BCUT2D eigenvalue weighted by Crippen LogP contribution is -2.27. The molecule has 4 heteroatoms. The molecule has 20 heavy (non-hydrogen) atoms. The minimum absolute atomic E-state index is 0.426. The molecular weight excluding hydrogens is 274 g/mol. The first-order valence-electron chi connectivity index (χ1n) is 7.33. The van der Waals surface area contributed by atoms with E-state index in [0.29, 0.717) is 16.8 Å². The first kappa shape index (κ1) is 15.3. The fourth-order valence-corrected chi connectivity index (χ4v) is 3.20. The second kappa shape index (κ2) is 7.07. The van der Waals surface area contributed by atoms with Crippen LogP contribution in [0.2, 0.25) is 5.02 Å². The number of anilines is 1. The smallest absolute Gasteiger partial charge is 0.143 e. The predicted molar refractivity (Wildman–Crippen MR) is 84.2 cm³/mol. The number of hydrogen-bond donors (Lipinski definition) is 1. The number of rotatable bonds is 5. The zero-order valence-corrected chi connectivity index (χ0v) is 13.3. The van der Waals surface area contributed by atoms with Gasteiger partial charge in [0.25, 0.3) is 0 Å². The summed E-state index contributed by atoms with van der Waals surface area (Å²) in [7, 11) is 3.29. The lowest BCUT2D eigenvalue weighted by molar-refractivity contribution is 0.327. The molecule has 0 amide bonds. The van der Waals surface area contributed by atoms with Crippen molar-refractivity contribution in [1.82, 2.24) is 0 Å². The van der Waals surface area contributed by atoms with E-state index >= 15 is 0 Å². The molecule has 3 nitrogen and oxygen atoms in total. The summed E-state index contributed by atoms with van der Waals surface area (Å²) in [6.07, 6.45) is 6.68. The highest BCUT2D eigenvalue weighted by molar-refractivity contribution is 6.32. The zero-order chi connectivity index (χ0) is 14.5. The molecule has 0 heterocycles. The molecule has 0 bridgehead atoms. The Bertz CT molecular complexity index is 444. The second-order valence-electron chi connectivity index (χ2n) is 5.52.